The van der Waals surface area contributed by atoms with Gasteiger partial charge in [-0.3, -0.25) is 15.1 Å². The van der Waals surface area contributed by atoms with Crippen LogP contribution in [0.3, 0.4) is 0 Å². The Hall–Kier alpha value is -3.61. The van der Waals surface area contributed by atoms with E-state index in [1.165, 1.54) is 11.9 Å². The van der Waals surface area contributed by atoms with Crippen molar-refractivity contribution in [1.82, 2.24) is 25.1 Å². The quantitative estimate of drug-likeness (QED) is 0.603. The molecule has 0 saturated carbocycles. The van der Waals surface area contributed by atoms with Crippen LogP contribution in [0.1, 0.15) is 11.1 Å². The number of hydrogen-bond donors (Lipinski definition) is 2. The van der Waals surface area contributed by atoms with Crippen molar-refractivity contribution in [2.75, 3.05) is 5.32 Å². The summed E-state index contributed by atoms with van der Waals surface area (Å²) in [5.41, 5.74) is 5.70. The van der Waals surface area contributed by atoms with E-state index < -0.39 is 0 Å². The molecule has 7 heteroatoms. The third-order valence-corrected chi connectivity index (χ3v) is 4.20. The maximum absolute atomic E-state index is 4.42. The first-order chi connectivity index (χ1) is 12.4. The summed E-state index contributed by atoms with van der Waals surface area (Å²) in [6.07, 6.45) is 6.93. The molecule has 0 aliphatic carbocycles. The molecule has 2 N–H and O–H groups in total. The first-order valence-electron chi connectivity index (χ1n) is 7.88. The number of aromatic nitrogens is 5. The number of hydrogen-bond acceptors (Lipinski definition) is 6. The monoisotopic (exact) mass is 327 g/mol. The Balaban J connectivity index is 1.62. The SMILES string of the molecule is C1=NCc2ccc(Nc3ncnc4n[nH]c(-c5cccnc5)c34)cc21. The lowest BCUT2D eigenvalue weighted by Crippen LogP contribution is -1.97. The van der Waals surface area contributed by atoms with Crippen molar-refractivity contribution < 1.29 is 0 Å². The largest absolute Gasteiger partial charge is 0.339 e. The van der Waals surface area contributed by atoms with Crippen molar-refractivity contribution in [2.45, 2.75) is 6.54 Å². The lowest BCUT2D eigenvalue weighted by molar-refractivity contribution is 1.09. The summed E-state index contributed by atoms with van der Waals surface area (Å²) in [5.74, 6) is 0.701. The van der Waals surface area contributed by atoms with Gasteiger partial charge in [0, 0.05) is 29.9 Å². The lowest BCUT2D eigenvalue weighted by atomic mass is 10.1. The fraction of sp³-hybridized carbons (Fsp3) is 0.0556. The van der Waals surface area contributed by atoms with E-state index in [2.05, 4.69) is 47.6 Å². The van der Waals surface area contributed by atoms with Gasteiger partial charge in [0.25, 0.3) is 0 Å². The molecule has 3 aromatic heterocycles. The zero-order valence-corrected chi connectivity index (χ0v) is 13.1. The molecule has 0 spiro atoms. The van der Waals surface area contributed by atoms with E-state index in [-0.39, 0.29) is 0 Å². The molecule has 0 amide bonds. The molecule has 0 radical (unpaired) electrons. The van der Waals surface area contributed by atoms with Crippen LogP contribution in [0.2, 0.25) is 0 Å². The normalized spacial score (nSPS) is 12.5. The highest BCUT2D eigenvalue weighted by Gasteiger charge is 2.15. The number of aromatic amines is 1. The molecule has 4 heterocycles. The number of fused-ring (bicyclic) bond motifs is 2. The second kappa shape index (κ2) is 5.48. The minimum Gasteiger partial charge on any atom is -0.339 e. The highest BCUT2D eigenvalue weighted by Crippen LogP contribution is 2.31. The first-order valence-corrected chi connectivity index (χ1v) is 7.88. The molecular weight excluding hydrogens is 314 g/mol. The van der Waals surface area contributed by atoms with E-state index >= 15 is 0 Å². The molecular formula is C18H13N7. The van der Waals surface area contributed by atoms with Crippen LogP contribution in [0.25, 0.3) is 22.3 Å². The Bertz CT molecular complexity index is 1100. The fourth-order valence-electron chi connectivity index (χ4n) is 2.99. The van der Waals surface area contributed by atoms with Crippen LogP contribution < -0.4 is 5.32 Å². The Morgan fingerprint density at radius 3 is 3.04 bits per heavy atom. The van der Waals surface area contributed by atoms with Crippen molar-refractivity contribution in [3.05, 3.63) is 60.2 Å². The standard InChI is InChI=1S/C18H13N7/c1-2-12(8-19-5-1)16-15-17(21-10-22-18(15)25-24-16)23-14-4-3-11-7-20-9-13(11)6-14/h1-6,8-10H,7H2,(H2,21,22,23,24,25). The lowest BCUT2D eigenvalue weighted by Gasteiger charge is -2.09. The number of aliphatic imine (C=N–C) groups is 1. The van der Waals surface area contributed by atoms with Gasteiger partial charge in [-0.15, -0.1) is 0 Å². The van der Waals surface area contributed by atoms with Crippen LogP contribution in [0, 0.1) is 0 Å². The molecule has 5 rings (SSSR count). The predicted octanol–water partition coefficient (Wildman–Crippen LogP) is 3.09. The number of nitrogens with zero attached hydrogens (tertiary/aromatic N) is 5. The summed E-state index contributed by atoms with van der Waals surface area (Å²) >= 11 is 0. The Kier molecular flexibility index (Phi) is 3.03. The molecule has 25 heavy (non-hydrogen) atoms. The van der Waals surface area contributed by atoms with Gasteiger partial charge in [-0.2, -0.15) is 5.10 Å². The summed E-state index contributed by atoms with van der Waals surface area (Å²) < 4.78 is 0. The zero-order valence-electron chi connectivity index (χ0n) is 13.1. The molecule has 0 atom stereocenters. The average Bonchev–Trinajstić information content (AvgIpc) is 3.29. The zero-order chi connectivity index (χ0) is 16.6. The maximum Gasteiger partial charge on any atom is 0.186 e. The van der Waals surface area contributed by atoms with E-state index in [1.54, 1.807) is 12.4 Å². The number of H-pyrrole nitrogens is 1. The van der Waals surface area contributed by atoms with Gasteiger partial charge in [-0.1, -0.05) is 6.07 Å². The highest BCUT2D eigenvalue weighted by atomic mass is 15.2. The van der Waals surface area contributed by atoms with Crippen molar-refractivity contribution >= 4 is 28.8 Å². The third-order valence-electron chi connectivity index (χ3n) is 4.20. The van der Waals surface area contributed by atoms with E-state index in [4.69, 9.17) is 0 Å². The van der Waals surface area contributed by atoms with E-state index in [9.17, 15) is 0 Å². The maximum atomic E-state index is 4.42. The van der Waals surface area contributed by atoms with Crippen LogP contribution in [0.4, 0.5) is 11.5 Å². The molecule has 0 saturated heterocycles. The van der Waals surface area contributed by atoms with Crippen molar-refractivity contribution in [2.24, 2.45) is 4.99 Å². The molecule has 120 valence electrons. The molecule has 4 aromatic rings. The van der Waals surface area contributed by atoms with E-state index in [0.29, 0.717) is 11.5 Å². The van der Waals surface area contributed by atoms with Crippen LogP contribution in [-0.4, -0.2) is 31.4 Å². The fourth-order valence-corrected chi connectivity index (χ4v) is 2.99. The van der Waals surface area contributed by atoms with Gasteiger partial charge >= 0.3 is 0 Å². The smallest absolute Gasteiger partial charge is 0.186 e. The second-order valence-corrected chi connectivity index (χ2v) is 5.77. The number of rotatable bonds is 3. The summed E-state index contributed by atoms with van der Waals surface area (Å²) in [6.45, 7) is 0.750. The van der Waals surface area contributed by atoms with Crippen LogP contribution in [-0.2, 0) is 6.54 Å². The van der Waals surface area contributed by atoms with Gasteiger partial charge in [-0.05, 0) is 35.4 Å². The third kappa shape index (κ3) is 2.33. The first kappa shape index (κ1) is 13.8. The molecule has 0 unspecified atom stereocenters. The summed E-state index contributed by atoms with van der Waals surface area (Å²) in [5, 5.41) is 11.6. The van der Waals surface area contributed by atoms with E-state index in [0.717, 1.165) is 34.4 Å². The van der Waals surface area contributed by atoms with Crippen LogP contribution in [0.15, 0.2) is 54.0 Å². The summed E-state index contributed by atoms with van der Waals surface area (Å²) in [4.78, 5) is 17.1. The molecule has 1 aliphatic heterocycles. The average molecular weight is 327 g/mol. The molecule has 1 aliphatic rings. The highest BCUT2D eigenvalue weighted by molar-refractivity contribution is 5.99. The van der Waals surface area contributed by atoms with Gasteiger partial charge in [-0.25, -0.2) is 9.97 Å². The van der Waals surface area contributed by atoms with Crippen LogP contribution >= 0.6 is 0 Å². The van der Waals surface area contributed by atoms with Crippen molar-refractivity contribution in [3.63, 3.8) is 0 Å². The Morgan fingerprint density at radius 2 is 2.12 bits per heavy atom. The number of pyridine rings is 1. The van der Waals surface area contributed by atoms with Gasteiger partial charge in [0.1, 0.15) is 12.1 Å². The number of nitrogens with one attached hydrogen (secondary N) is 2. The van der Waals surface area contributed by atoms with Gasteiger partial charge in [0.05, 0.1) is 17.6 Å². The summed E-state index contributed by atoms with van der Waals surface area (Å²) in [7, 11) is 0. The Labute approximate surface area is 142 Å². The number of benzene rings is 1. The van der Waals surface area contributed by atoms with E-state index in [1.807, 2.05) is 24.4 Å². The van der Waals surface area contributed by atoms with Gasteiger partial charge in [0.2, 0.25) is 0 Å². The minimum atomic E-state index is 0.610. The number of anilines is 2. The summed E-state index contributed by atoms with van der Waals surface area (Å²) in [6, 6.07) is 10.1. The molecule has 0 fully saturated rings. The second-order valence-electron chi connectivity index (χ2n) is 5.77. The molecule has 1 aromatic carbocycles. The predicted molar refractivity (Wildman–Crippen MR) is 95.9 cm³/mol. The van der Waals surface area contributed by atoms with Crippen molar-refractivity contribution in [3.8, 4) is 11.3 Å². The Morgan fingerprint density at radius 1 is 1.12 bits per heavy atom. The topological polar surface area (TPSA) is 91.7 Å². The van der Waals surface area contributed by atoms with Crippen LogP contribution in [0.5, 0.6) is 0 Å². The molecule has 0 bridgehead atoms. The van der Waals surface area contributed by atoms with Crippen molar-refractivity contribution in [1.29, 1.82) is 0 Å². The minimum absolute atomic E-state index is 0.610. The van der Waals surface area contributed by atoms with Gasteiger partial charge in [0.15, 0.2) is 5.65 Å². The van der Waals surface area contributed by atoms with Gasteiger partial charge < -0.3 is 5.32 Å². The molecule has 7 nitrogen and oxygen atoms in total.